The van der Waals surface area contributed by atoms with Crippen LogP contribution in [0.15, 0.2) is 42.9 Å². The monoisotopic (exact) mass is 215 g/mol. The Morgan fingerprint density at radius 2 is 2.06 bits per heavy atom. The Labute approximate surface area is 95.9 Å². The molecule has 0 aliphatic rings. The number of imidazole rings is 1. The van der Waals surface area contributed by atoms with Gasteiger partial charge in [-0.05, 0) is 5.56 Å². The van der Waals surface area contributed by atoms with E-state index in [1.807, 2.05) is 12.4 Å². The molecule has 2 N–H and O–H groups in total. The van der Waals surface area contributed by atoms with Crippen molar-refractivity contribution in [2.45, 2.75) is 19.4 Å². The summed E-state index contributed by atoms with van der Waals surface area (Å²) in [5.74, 6) is 0.331. The predicted octanol–water partition coefficient (Wildman–Crippen LogP) is 1.99. The van der Waals surface area contributed by atoms with Crippen molar-refractivity contribution in [3.63, 3.8) is 0 Å². The van der Waals surface area contributed by atoms with Crippen molar-refractivity contribution in [3.05, 3.63) is 54.1 Å². The molecule has 1 unspecified atom stereocenters. The smallest absolute Gasteiger partial charge is 0.0952 e. The van der Waals surface area contributed by atoms with E-state index in [1.165, 1.54) is 5.56 Å². The summed E-state index contributed by atoms with van der Waals surface area (Å²) in [7, 11) is 0. The average molecular weight is 215 g/mol. The normalized spacial score (nSPS) is 12.6. The summed E-state index contributed by atoms with van der Waals surface area (Å²) in [6, 6.07) is 10.4. The largest absolute Gasteiger partial charge is 0.333 e. The topological polar surface area (TPSA) is 43.8 Å². The first-order valence-electron chi connectivity index (χ1n) is 5.55. The molecule has 0 amide bonds. The number of nitrogens with zero attached hydrogens (tertiary/aromatic N) is 2. The highest BCUT2D eigenvalue weighted by molar-refractivity contribution is 5.16. The molecule has 0 saturated heterocycles. The quantitative estimate of drug-likeness (QED) is 0.847. The molecular weight excluding hydrogens is 198 g/mol. The van der Waals surface area contributed by atoms with Crippen molar-refractivity contribution < 1.29 is 0 Å². The third-order valence-electron chi connectivity index (χ3n) is 2.72. The maximum Gasteiger partial charge on any atom is 0.0952 e. The van der Waals surface area contributed by atoms with Crippen LogP contribution in [0.25, 0.3) is 0 Å². The Balaban J connectivity index is 2.09. The van der Waals surface area contributed by atoms with Gasteiger partial charge >= 0.3 is 0 Å². The first kappa shape index (κ1) is 10.9. The second kappa shape index (κ2) is 4.94. The minimum Gasteiger partial charge on any atom is -0.333 e. The van der Waals surface area contributed by atoms with E-state index in [0.29, 0.717) is 12.5 Å². The van der Waals surface area contributed by atoms with Crippen molar-refractivity contribution in [1.82, 2.24) is 9.55 Å². The summed E-state index contributed by atoms with van der Waals surface area (Å²) in [5.41, 5.74) is 7.97. The van der Waals surface area contributed by atoms with Crippen LogP contribution in [0.4, 0.5) is 0 Å². The van der Waals surface area contributed by atoms with E-state index >= 15 is 0 Å². The molecule has 0 saturated carbocycles. The molecule has 1 atom stereocenters. The van der Waals surface area contributed by atoms with Crippen molar-refractivity contribution in [2.24, 2.45) is 5.73 Å². The molecule has 0 fully saturated rings. The zero-order valence-electron chi connectivity index (χ0n) is 9.50. The van der Waals surface area contributed by atoms with Crippen molar-refractivity contribution in [1.29, 1.82) is 0 Å². The van der Waals surface area contributed by atoms with Crippen LogP contribution >= 0.6 is 0 Å². The Kier molecular flexibility index (Phi) is 3.37. The van der Waals surface area contributed by atoms with E-state index in [-0.39, 0.29) is 0 Å². The van der Waals surface area contributed by atoms with Gasteiger partial charge < -0.3 is 10.3 Å². The molecule has 0 bridgehead atoms. The van der Waals surface area contributed by atoms with Gasteiger partial charge in [0, 0.05) is 25.2 Å². The second-order valence-electron chi connectivity index (χ2n) is 4.09. The van der Waals surface area contributed by atoms with E-state index in [4.69, 9.17) is 5.73 Å². The Hall–Kier alpha value is -1.61. The molecule has 2 aromatic rings. The van der Waals surface area contributed by atoms with E-state index in [1.54, 1.807) is 0 Å². The maximum absolute atomic E-state index is 5.62. The second-order valence-corrected chi connectivity index (χ2v) is 4.09. The lowest BCUT2D eigenvalue weighted by Crippen LogP contribution is -2.09. The van der Waals surface area contributed by atoms with Crippen molar-refractivity contribution in [3.8, 4) is 0 Å². The Morgan fingerprint density at radius 1 is 1.31 bits per heavy atom. The van der Waals surface area contributed by atoms with Crippen LogP contribution in [0.3, 0.4) is 0 Å². The molecule has 0 radical (unpaired) electrons. The summed E-state index contributed by atoms with van der Waals surface area (Å²) in [5, 5.41) is 0. The molecule has 3 nitrogen and oxygen atoms in total. The summed E-state index contributed by atoms with van der Waals surface area (Å²) in [6.45, 7) is 3.60. The van der Waals surface area contributed by atoms with Gasteiger partial charge in [0.25, 0.3) is 0 Å². The maximum atomic E-state index is 5.62. The highest BCUT2D eigenvalue weighted by atomic mass is 15.0. The first-order valence-corrected chi connectivity index (χ1v) is 5.55. The summed E-state index contributed by atoms with van der Waals surface area (Å²) < 4.78 is 2.09. The van der Waals surface area contributed by atoms with E-state index < -0.39 is 0 Å². The van der Waals surface area contributed by atoms with Gasteiger partial charge in [-0.1, -0.05) is 37.3 Å². The lowest BCUT2D eigenvalue weighted by Gasteiger charge is -2.03. The lowest BCUT2D eigenvalue weighted by atomic mass is 10.1. The Morgan fingerprint density at radius 3 is 2.75 bits per heavy atom. The third kappa shape index (κ3) is 2.49. The summed E-state index contributed by atoms with van der Waals surface area (Å²) in [4.78, 5) is 4.37. The fourth-order valence-electron chi connectivity index (χ4n) is 1.63. The van der Waals surface area contributed by atoms with E-state index in [2.05, 4.69) is 46.9 Å². The minimum absolute atomic E-state index is 0.331. The van der Waals surface area contributed by atoms with Gasteiger partial charge in [-0.3, -0.25) is 0 Å². The van der Waals surface area contributed by atoms with Crippen molar-refractivity contribution in [2.75, 3.05) is 6.54 Å². The van der Waals surface area contributed by atoms with Crippen LogP contribution < -0.4 is 5.73 Å². The van der Waals surface area contributed by atoms with Gasteiger partial charge in [-0.15, -0.1) is 0 Å². The zero-order chi connectivity index (χ0) is 11.4. The molecule has 0 spiro atoms. The van der Waals surface area contributed by atoms with Crippen LogP contribution in [0.1, 0.15) is 24.1 Å². The number of nitrogens with two attached hydrogens (primary N) is 1. The van der Waals surface area contributed by atoms with Crippen LogP contribution in [-0.4, -0.2) is 16.1 Å². The summed E-state index contributed by atoms with van der Waals surface area (Å²) in [6.07, 6.45) is 3.94. The number of rotatable bonds is 4. The lowest BCUT2D eigenvalue weighted by molar-refractivity contribution is 0.745. The molecule has 0 aliphatic heterocycles. The SMILES string of the molecule is CC(CN)c1cn(Cc2ccccc2)cn1. The van der Waals surface area contributed by atoms with Crippen molar-refractivity contribution >= 4 is 0 Å². The molecule has 1 aromatic heterocycles. The van der Waals surface area contributed by atoms with Gasteiger partial charge in [0.1, 0.15) is 0 Å². The Bertz CT molecular complexity index is 433. The molecule has 16 heavy (non-hydrogen) atoms. The number of benzene rings is 1. The fourth-order valence-corrected chi connectivity index (χ4v) is 1.63. The first-order chi connectivity index (χ1) is 7.79. The van der Waals surface area contributed by atoms with Gasteiger partial charge in [0.2, 0.25) is 0 Å². The average Bonchev–Trinajstić information content (AvgIpc) is 2.78. The molecule has 84 valence electrons. The number of hydrogen-bond donors (Lipinski definition) is 1. The summed E-state index contributed by atoms with van der Waals surface area (Å²) >= 11 is 0. The standard InChI is InChI=1S/C13H17N3/c1-11(7-14)13-9-16(10-15-13)8-12-5-3-2-4-6-12/h2-6,9-11H,7-8,14H2,1H3. The van der Waals surface area contributed by atoms with Crippen LogP contribution in [0.2, 0.25) is 0 Å². The van der Waals surface area contributed by atoms with Gasteiger partial charge in [-0.2, -0.15) is 0 Å². The predicted molar refractivity (Wildman–Crippen MR) is 65.2 cm³/mol. The van der Waals surface area contributed by atoms with Gasteiger partial charge in [0.15, 0.2) is 0 Å². The molecular formula is C13H17N3. The fraction of sp³-hybridized carbons (Fsp3) is 0.308. The molecule has 0 aliphatic carbocycles. The molecule has 2 rings (SSSR count). The molecule has 1 heterocycles. The molecule has 3 heteroatoms. The van der Waals surface area contributed by atoms with E-state index in [9.17, 15) is 0 Å². The third-order valence-corrected chi connectivity index (χ3v) is 2.72. The molecule has 1 aromatic carbocycles. The zero-order valence-corrected chi connectivity index (χ0v) is 9.50. The van der Waals surface area contributed by atoms with Crippen LogP contribution in [0, 0.1) is 0 Å². The number of hydrogen-bond acceptors (Lipinski definition) is 2. The number of aromatic nitrogens is 2. The highest BCUT2D eigenvalue weighted by Crippen LogP contribution is 2.11. The van der Waals surface area contributed by atoms with Crippen LogP contribution in [-0.2, 0) is 6.54 Å². The van der Waals surface area contributed by atoms with Gasteiger partial charge in [-0.25, -0.2) is 4.98 Å². The van der Waals surface area contributed by atoms with E-state index in [0.717, 1.165) is 12.2 Å². The van der Waals surface area contributed by atoms with Gasteiger partial charge in [0.05, 0.1) is 12.0 Å². The van der Waals surface area contributed by atoms with Crippen LogP contribution in [0.5, 0.6) is 0 Å². The minimum atomic E-state index is 0.331. The highest BCUT2D eigenvalue weighted by Gasteiger charge is 2.06.